The highest BCUT2D eigenvalue weighted by atomic mass is 16.3. The molecule has 0 aliphatic heterocycles. The van der Waals surface area contributed by atoms with Gasteiger partial charge < -0.3 is 10.2 Å². The Labute approximate surface area is 120 Å². The Kier molecular flexibility index (Phi) is 3.90. The number of benzene rings is 1. The summed E-state index contributed by atoms with van der Waals surface area (Å²) in [6.45, 7) is 8.18. The van der Waals surface area contributed by atoms with Crippen LogP contribution < -0.4 is 0 Å². The SMILES string of the molecule is C#Cc1cc(O)cc(O)c1C1C=C(C)CC[C@H]1C(=C)C. The molecule has 0 amide bonds. The first kappa shape index (κ1) is 14.3. The summed E-state index contributed by atoms with van der Waals surface area (Å²) in [6.07, 6.45) is 9.74. The van der Waals surface area contributed by atoms with E-state index in [0.717, 1.165) is 24.0 Å². The van der Waals surface area contributed by atoms with Crippen molar-refractivity contribution in [3.63, 3.8) is 0 Å². The van der Waals surface area contributed by atoms with Crippen molar-refractivity contribution < 1.29 is 10.2 Å². The molecule has 2 N–H and O–H groups in total. The summed E-state index contributed by atoms with van der Waals surface area (Å²) >= 11 is 0. The minimum atomic E-state index is -0.0115. The Morgan fingerprint density at radius 3 is 2.70 bits per heavy atom. The molecule has 1 unspecified atom stereocenters. The normalized spacial score (nSPS) is 21.9. The molecule has 0 saturated heterocycles. The third-order valence-corrected chi connectivity index (χ3v) is 4.01. The molecule has 1 aromatic rings. The van der Waals surface area contributed by atoms with Gasteiger partial charge in [0.25, 0.3) is 0 Å². The molecule has 1 aliphatic rings. The van der Waals surface area contributed by atoms with Crippen molar-refractivity contribution in [2.24, 2.45) is 5.92 Å². The van der Waals surface area contributed by atoms with E-state index in [0.29, 0.717) is 5.56 Å². The van der Waals surface area contributed by atoms with Crippen molar-refractivity contribution >= 4 is 0 Å². The highest BCUT2D eigenvalue weighted by Crippen LogP contribution is 2.44. The van der Waals surface area contributed by atoms with Gasteiger partial charge in [0.05, 0.1) is 0 Å². The van der Waals surface area contributed by atoms with Crippen molar-refractivity contribution in [3.8, 4) is 23.8 Å². The Morgan fingerprint density at radius 2 is 2.10 bits per heavy atom. The van der Waals surface area contributed by atoms with Crippen LogP contribution in [-0.2, 0) is 0 Å². The predicted molar refractivity (Wildman–Crippen MR) is 81.7 cm³/mol. The van der Waals surface area contributed by atoms with Gasteiger partial charge in [-0.25, -0.2) is 0 Å². The largest absolute Gasteiger partial charge is 0.508 e. The Hall–Kier alpha value is -2.14. The lowest BCUT2D eigenvalue weighted by atomic mass is 9.73. The van der Waals surface area contributed by atoms with Gasteiger partial charge in [0.2, 0.25) is 0 Å². The second-order valence-corrected chi connectivity index (χ2v) is 5.60. The molecule has 0 saturated carbocycles. The van der Waals surface area contributed by atoms with Gasteiger partial charge in [-0.15, -0.1) is 6.42 Å². The van der Waals surface area contributed by atoms with Gasteiger partial charge in [-0.05, 0) is 38.7 Å². The van der Waals surface area contributed by atoms with E-state index in [1.807, 2.05) is 6.92 Å². The van der Waals surface area contributed by atoms with Gasteiger partial charge in [0.15, 0.2) is 0 Å². The maximum atomic E-state index is 10.2. The van der Waals surface area contributed by atoms with Crippen LogP contribution in [0.25, 0.3) is 0 Å². The first-order chi connectivity index (χ1) is 9.43. The fourth-order valence-electron chi connectivity index (χ4n) is 3.00. The lowest BCUT2D eigenvalue weighted by Gasteiger charge is -2.31. The van der Waals surface area contributed by atoms with Gasteiger partial charge in [-0.3, -0.25) is 0 Å². The smallest absolute Gasteiger partial charge is 0.124 e. The van der Waals surface area contributed by atoms with Gasteiger partial charge in [-0.2, -0.15) is 0 Å². The number of hydrogen-bond donors (Lipinski definition) is 2. The number of rotatable bonds is 2. The third kappa shape index (κ3) is 2.58. The first-order valence-corrected chi connectivity index (χ1v) is 6.79. The van der Waals surface area contributed by atoms with E-state index in [2.05, 4.69) is 25.5 Å². The molecule has 2 rings (SSSR count). The molecule has 2 heteroatoms. The van der Waals surface area contributed by atoms with Crippen LogP contribution in [0.5, 0.6) is 11.5 Å². The van der Waals surface area contributed by atoms with Gasteiger partial charge in [0.1, 0.15) is 11.5 Å². The van der Waals surface area contributed by atoms with Crippen LogP contribution in [0.1, 0.15) is 43.7 Å². The molecule has 104 valence electrons. The fraction of sp³-hybridized carbons (Fsp3) is 0.333. The van der Waals surface area contributed by atoms with Crippen molar-refractivity contribution in [2.45, 2.75) is 32.6 Å². The Balaban J connectivity index is 2.61. The van der Waals surface area contributed by atoms with Crippen LogP contribution >= 0.6 is 0 Å². The molecular weight excluding hydrogens is 248 g/mol. The number of allylic oxidation sites excluding steroid dienone is 3. The fourth-order valence-corrected chi connectivity index (χ4v) is 3.00. The molecule has 1 aliphatic carbocycles. The van der Waals surface area contributed by atoms with E-state index >= 15 is 0 Å². The summed E-state index contributed by atoms with van der Waals surface area (Å²) in [7, 11) is 0. The summed E-state index contributed by atoms with van der Waals surface area (Å²) in [6, 6.07) is 2.88. The van der Waals surface area contributed by atoms with Gasteiger partial charge >= 0.3 is 0 Å². The Morgan fingerprint density at radius 1 is 1.40 bits per heavy atom. The van der Waals surface area contributed by atoms with E-state index < -0.39 is 0 Å². The molecule has 20 heavy (non-hydrogen) atoms. The molecule has 0 radical (unpaired) electrons. The van der Waals surface area contributed by atoms with E-state index in [-0.39, 0.29) is 23.3 Å². The average Bonchev–Trinajstić information content (AvgIpc) is 2.37. The highest BCUT2D eigenvalue weighted by molar-refractivity contribution is 5.55. The summed E-state index contributed by atoms with van der Waals surface area (Å²) < 4.78 is 0. The second-order valence-electron chi connectivity index (χ2n) is 5.60. The third-order valence-electron chi connectivity index (χ3n) is 4.01. The molecule has 0 spiro atoms. The standard InChI is InChI=1S/C18H20O2/c1-5-13-9-14(19)10-17(20)18(13)16-8-12(4)6-7-15(16)11(2)3/h1,8-10,15-16,19-20H,2,6-7H2,3-4H3/t15-,16?/m0/s1. The minimum Gasteiger partial charge on any atom is -0.508 e. The lowest BCUT2D eigenvalue weighted by molar-refractivity contribution is 0.425. The first-order valence-electron chi connectivity index (χ1n) is 6.79. The molecule has 0 fully saturated rings. The zero-order valence-corrected chi connectivity index (χ0v) is 12.0. The summed E-state index contributed by atoms with van der Waals surface area (Å²) in [4.78, 5) is 0. The number of phenols is 2. The highest BCUT2D eigenvalue weighted by Gasteiger charge is 2.29. The molecule has 1 aromatic carbocycles. The number of phenolic OH excluding ortho intramolecular Hbond substituents is 2. The van der Waals surface area contributed by atoms with Crippen molar-refractivity contribution in [3.05, 3.63) is 47.1 Å². The number of hydrogen-bond acceptors (Lipinski definition) is 2. The van der Waals surface area contributed by atoms with E-state index in [4.69, 9.17) is 6.42 Å². The van der Waals surface area contributed by atoms with Crippen LogP contribution in [0.15, 0.2) is 35.9 Å². The maximum absolute atomic E-state index is 10.2. The lowest BCUT2D eigenvalue weighted by Crippen LogP contribution is -2.18. The summed E-state index contributed by atoms with van der Waals surface area (Å²) in [5.41, 5.74) is 3.65. The molecular formula is C18H20O2. The van der Waals surface area contributed by atoms with Crippen molar-refractivity contribution in [1.29, 1.82) is 0 Å². The maximum Gasteiger partial charge on any atom is 0.124 e. The topological polar surface area (TPSA) is 40.5 Å². The van der Waals surface area contributed by atoms with E-state index in [1.165, 1.54) is 17.7 Å². The molecule has 0 aromatic heterocycles. The molecule has 0 bridgehead atoms. The average molecular weight is 268 g/mol. The van der Waals surface area contributed by atoms with Crippen molar-refractivity contribution in [2.75, 3.05) is 0 Å². The second kappa shape index (κ2) is 5.46. The predicted octanol–water partition coefficient (Wildman–Crippen LogP) is 4.10. The zero-order valence-electron chi connectivity index (χ0n) is 12.0. The molecule has 2 nitrogen and oxygen atoms in total. The quantitative estimate of drug-likeness (QED) is 0.626. The summed E-state index contributed by atoms with van der Waals surface area (Å²) in [5.74, 6) is 2.90. The molecule has 2 atom stereocenters. The Bertz CT molecular complexity index is 617. The van der Waals surface area contributed by atoms with Crippen LogP contribution in [0.4, 0.5) is 0 Å². The van der Waals surface area contributed by atoms with E-state index in [9.17, 15) is 10.2 Å². The monoisotopic (exact) mass is 268 g/mol. The minimum absolute atomic E-state index is 0.0115. The van der Waals surface area contributed by atoms with Crippen LogP contribution in [0.3, 0.4) is 0 Å². The van der Waals surface area contributed by atoms with Crippen molar-refractivity contribution in [1.82, 2.24) is 0 Å². The van der Waals surface area contributed by atoms with Crippen LogP contribution in [0, 0.1) is 18.3 Å². The molecule has 0 heterocycles. The zero-order chi connectivity index (χ0) is 14.9. The van der Waals surface area contributed by atoms with E-state index in [1.54, 1.807) is 0 Å². The summed E-state index contributed by atoms with van der Waals surface area (Å²) in [5, 5.41) is 19.8. The number of aromatic hydroxyl groups is 2. The van der Waals surface area contributed by atoms with Gasteiger partial charge in [-0.1, -0.05) is 29.7 Å². The van der Waals surface area contributed by atoms with Crippen LogP contribution in [0.2, 0.25) is 0 Å². The van der Waals surface area contributed by atoms with Crippen LogP contribution in [-0.4, -0.2) is 10.2 Å². The van der Waals surface area contributed by atoms with Gasteiger partial charge in [0, 0.05) is 23.1 Å². The number of terminal acetylenes is 1.